The predicted octanol–water partition coefficient (Wildman–Crippen LogP) is 1.53. The van der Waals surface area contributed by atoms with Crippen molar-refractivity contribution >= 4 is 21.4 Å². The van der Waals surface area contributed by atoms with Crippen LogP contribution in [-0.2, 0) is 14.8 Å². The molecule has 1 aromatic rings. The maximum atomic E-state index is 12.8. The molecule has 2 rings (SSSR count). The zero-order valence-electron chi connectivity index (χ0n) is 12.2. The van der Waals surface area contributed by atoms with Crippen LogP contribution in [0.2, 0.25) is 0 Å². The summed E-state index contributed by atoms with van der Waals surface area (Å²) in [6, 6.07) is 1.71. The van der Waals surface area contributed by atoms with Gasteiger partial charge in [0, 0.05) is 22.8 Å². The van der Waals surface area contributed by atoms with E-state index in [1.54, 1.807) is 6.07 Å². The number of hydrogen-bond donors (Lipinski definition) is 1. The van der Waals surface area contributed by atoms with Crippen LogP contribution in [0.5, 0.6) is 0 Å². The summed E-state index contributed by atoms with van der Waals surface area (Å²) >= 11 is 1.48. The molecule has 1 fully saturated rings. The van der Waals surface area contributed by atoms with Crippen molar-refractivity contribution in [2.75, 3.05) is 19.7 Å². The van der Waals surface area contributed by atoms with Crippen molar-refractivity contribution in [2.45, 2.75) is 44.3 Å². The number of ether oxygens (including phenoxy) is 1. The van der Waals surface area contributed by atoms with Crippen molar-refractivity contribution in [2.24, 2.45) is 0 Å². The summed E-state index contributed by atoms with van der Waals surface area (Å²) in [4.78, 5) is 2.15. The van der Waals surface area contributed by atoms with E-state index in [1.165, 1.54) is 15.6 Å². The van der Waals surface area contributed by atoms with Gasteiger partial charge >= 0.3 is 0 Å². The Morgan fingerprint density at radius 3 is 2.65 bits per heavy atom. The zero-order chi connectivity index (χ0) is 15.1. The number of thiophene rings is 1. The smallest absolute Gasteiger partial charge is 0.244 e. The quantitative estimate of drug-likeness (QED) is 0.917. The maximum Gasteiger partial charge on any atom is 0.244 e. The van der Waals surface area contributed by atoms with Gasteiger partial charge in [-0.3, -0.25) is 0 Å². The molecule has 0 radical (unpaired) electrons. The van der Waals surface area contributed by atoms with Crippen molar-refractivity contribution in [3.05, 3.63) is 15.8 Å². The first-order valence-corrected chi connectivity index (χ1v) is 8.77. The summed E-state index contributed by atoms with van der Waals surface area (Å²) in [7, 11) is -3.53. The van der Waals surface area contributed by atoms with Crippen molar-refractivity contribution in [3.8, 4) is 0 Å². The minimum Gasteiger partial charge on any atom is -0.394 e. The number of aryl methyl sites for hydroxylation is 2. The van der Waals surface area contributed by atoms with Gasteiger partial charge in [0.1, 0.15) is 0 Å². The van der Waals surface area contributed by atoms with Crippen molar-refractivity contribution in [1.29, 1.82) is 0 Å². The number of rotatable bonds is 3. The van der Waals surface area contributed by atoms with E-state index in [0.29, 0.717) is 11.4 Å². The van der Waals surface area contributed by atoms with E-state index >= 15 is 0 Å². The highest BCUT2D eigenvalue weighted by Crippen LogP contribution is 2.31. The molecule has 114 valence electrons. The lowest BCUT2D eigenvalue weighted by Gasteiger charge is -2.41. The molecule has 2 heterocycles. The van der Waals surface area contributed by atoms with Crippen LogP contribution in [0.1, 0.15) is 23.6 Å². The maximum absolute atomic E-state index is 12.8. The van der Waals surface area contributed by atoms with Gasteiger partial charge in [0.05, 0.1) is 23.2 Å². The average molecular weight is 319 g/mol. The summed E-state index contributed by atoms with van der Waals surface area (Å²) in [5.41, 5.74) is -0.600. The second-order valence-corrected chi connectivity index (χ2v) is 9.12. The first-order valence-electron chi connectivity index (χ1n) is 6.51. The van der Waals surface area contributed by atoms with Gasteiger partial charge < -0.3 is 9.84 Å². The number of hydrogen-bond acceptors (Lipinski definition) is 5. The lowest BCUT2D eigenvalue weighted by molar-refractivity contribution is -0.131. The van der Waals surface area contributed by atoms with E-state index in [-0.39, 0.29) is 13.2 Å². The molecule has 1 aliphatic heterocycles. The standard InChI is InChI=1S/C13H21NO4S2/c1-9-5-12(10(2)19-9)20(16,17)14-6-11(7-15)18-13(3,4)8-14/h5,11,15H,6-8H2,1-4H3. The van der Waals surface area contributed by atoms with Crippen LogP contribution in [0, 0.1) is 13.8 Å². The third kappa shape index (κ3) is 3.07. The number of sulfonamides is 1. The number of nitrogens with zero attached hydrogens (tertiary/aromatic N) is 1. The molecular weight excluding hydrogens is 298 g/mol. The van der Waals surface area contributed by atoms with E-state index in [2.05, 4.69) is 0 Å². The first kappa shape index (κ1) is 15.9. The van der Waals surface area contributed by atoms with Crippen molar-refractivity contribution in [3.63, 3.8) is 0 Å². The van der Waals surface area contributed by atoms with Crippen LogP contribution in [0.25, 0.3) is 0 Å². The van der Waals surface area contributed by atoms with Crippen molar-refractivity contribution in [1.82, 2.24) is 4.31 Å². The Balaban J connectivity index is 2.36. The lowest BCUT2D eigenvalue weighted by Crippen LogP contribution is -2.55. The van der Waals surface area contributed by atoms with Gasteiger partial charge in [0.2, 0.25) is 10.0 Å². The van der Waals surface area contributed by atoms with Crippen LogP contribution in [0.15, 0.2) is 11.0 Å². The molecule has 20 heavy (non-hydrogen) atoms. The third-order valence-corrected chi connectivity index (χ3v) is 6.30. The third-order valence-electron chi connectivity index (χ3n) is 3.27. The molecule has 5 nitrogen and oxygen atoms in total. The first-order chi connectivity index (χ1) is 9.15. The second-order valence-electron chi connectivity index (χ2n) is 5.76. The van der Waals surface area contributed by atoms with Crippen LogP contribution in [-0.4, -0.2) is 49.2 Å². The van der Waals surface area contributed by atoms with Gasteiger partial charge in [-0.05, 0) is 33.8 Å². The van der Waals surface area contributed by atoms with E-state index in [1.807, 2.05) is 27.7 Å². The molecule has 1 aliphatic rings. The molecule has 0 aliphatic carbocycles. The molecule has 0 bridgehead atoms. The fraction of sp³-hybridized carbons (Fsp3) is 0.692. The van der Waals surface area contributed by atoms with Crippen LogP contribution < -0.4 is 0 Å². The van der Waals surface area contributed by atoms with Crippen LogP contribution in [0.3, 0.4) is 0 Å². The van der Waals surface area contributed by atoms with Gasteiger partial charge in [0.15, 0.2) is 0 Å². The molecule has 7 heteroatoms. The van der Waals surface area contributed by atoms with Gasteiger partial charge in [-0.2, -0.15) is 4.31 Å². The fourth-order valence-corrected chi connectivity index (χ4v) is 5.67. The minimum atomic E-state index is -3.53. The minimum absolute atomic E-state index is 0.183. The SMILES string of the molecule is Cc1cc(S(=O)(=O)N2CC(CO)OC(C)(C)C2)c(C)s1. The van der Waals surface area contributed by atoms with Gasteiger partial charge in [-0.1, -0.05) is 0 Å². The van der Waals surface area contributed by atoms with Gasteiger partial charge in [-0.25, -0.2) is 8.42 Å². The molecule has 1 aromatic heterocycles. The Hall–Kier alpha value is -0.470. The van der Waals surface area contributed by atoms with Gasteiger partial charge in [0.25, 0.3) is 0 Å². The molecule has 1 N–H and O–H groups in total. The molecule has 0 saturated carbocycles. The van der Waals surface area contributed by atoms with Crippen LogP contribution >= 0.6 is 11.3 Å². The van der Waals surface area contributed by atoms with Gasteiger partial charge in [-0.15, -0.1) is 11.3 Å². The van der Waals surface area contributed by atoms with E-state index in [4.69, 9.17) is 4.74 Å². The summed E-state index contributed by atoms with van der Waals surface area (Å²) in [6.45, 7) is 7.69. The van der Waals surface area contributed by atoms with E-state index < -0.39 is 21.7 Å². The van der Waals surface area contributed by atoms with Crippen LogP contribution in [0.4, 0.5) is 0 Å². The fourth-order valence-electron chi connectivity index (χ4n) is 2.52. The Labute approximate surface area is 124 Å². The second kappa shape index (κ2) is 5.38. The monoisotopic (exact) mass is 319 g/mol. The highest BCUT2D eigenvalue weighted by atomic mass is 32.2. The summed E-state index contributed by atoms with van der Waals surface area (Å²) in [5, 5.41) is 9.29. The largest absolute Gasteiger partial charge is 0.394 e. The highest BCUT2D eigenvalue weighted by Gasteiger charge is 2.39. The molecule has 0 aromatic carbocycles. The summed E-state index contributed by atoms with van der Waals surface area (Å²) in [5.74, 6) is 0. The number of aliphatic hydroxyl groups excluding tert-OH is 1. The van der Waals surface area contributed by atoms with Crippen molar-refractivity contribution < 1.29 is 18.3 Å². The van der Waals surface area contributed by atoms with E-state index in [0.717, 1.165) is 9.75 Å². The predicted molar refractivity (Wildman–Crippen MR) is 78.6 cm³/mol. The summed E-state index contributed by atoms with van der Waals surface area (Å²) in [6.07, 6.45) is -0.478. The molecule has 0 spiro atoms. The Kier molecular flexibility index (Phi) is 4.28. The van der Waals surface area contributed by atoms with E-state index in [9.17, 15) is 13.5 Å². The Bertz CT molecular complexity index is 592. The highest BCUT2D eigenvalue weighted by molar-refractivity contribution is 7.89. The normalized spacial score (nSPS) is 23.9. The lowest BCUT2D eigenvalue weighted by atomic mass is 10.1. The molecule has 1 saturated heterocycles. The molecule has 1 atom stereocenters. The Morgan fingerprint density at radius 1 is 1.50 bits per heavy atom. The molecule has 0 amide bonds. The summed E-state index contributed by atoms with van der Waals surface area (Å²) < 4.78 is 32.6. The molecule has 1 unspecified atom stereocenters. The molecular formula is C13H21NO4S2. The number of morpholine rings is 1. The number of aliphatic hydroxyl groups is 1. The Morgan fingerprint density at radius 2 is 2.15 bits per heavy atom. The topological polar surface area (TPSA) is 66.8 Å². The zero-order valence-corrected chi connectivity index (χ0v) is 13.8. The average Bonchev–Trinajstić information content (AvgIpc) is 2.67.